The quantitative estimate of drug-likeness (QED) is 0.148. The highest BCUT2D eigenvalue weighted by Crippen LogP contribution is 2.71. The van der Waals surface area contributed by atoms with Gasteiger partial charge in [-0.3, -0.25) is 14.4 Å². The van der Waals surface area contributed by atoms with Crippen LogP contribution in [0.4, 0.5) is 5.69 Å². The molecule has 1 aromatic carbocycles. The minimum Gasteiger partial charge on any atom is -0.465 e. The van der Waals surface area contributed by atoms with E-state index in [2.05, 4.69) is 20.1 Å². The molecule has 8 heteroatoms. The highest BCUT2D eigenvalue weighted by atomic mass is 32.2. The second-order valence-corrected chi connectivity index (χ2v) is 14.3. The molecule has 0 radical (unpaired) electrons. The Labute approximate surface area is 255 Å². The predicted molar refractivity (Wildman–Crippen MR) is 169 cm³/mol. The molecule has 3 fully saturated rings. The van der Waals surface area contributed by atoms with Crippen LogP contribution < -0.4 is 4.90 Å². The van der Waals surface area contributed by atoms with Crippen LogP contribution in [-0.4, -0.2) is 69.6 Å². The number of nitrogens with zero attached hydrogens (tertiary/aromatic N) is 2. The molecule has 3 aliphatic heterocycles. The van der Waals surface area contributed by atoms with Gasteiger partial charge in [0.2, 0.25) is 5.91 Å². The summed E-state index contributed by atoms with van der Waals surface area (Å²) in [5, 5.41) is 9.21. The number of unbranched alkanes of at least 4 members (excludes halogenated alkanes) is 5. The first kappa shape index (κ1) is 32.3. The zero-order chi connectivity index (χ0) is 30.5. The second kappa shape index (κ2) is 13.8. The summed E-state index contributed by atoms with van der Waals surface area (Å²) >= 11 is 1.68. The highest BCUT2D eigenvalue weighted by molar-refractivity contribution is 8.02. The van der Waals surface area contributed by atoms with E-state index in [9.17, 15) is 19.5 Å². The molecule has 1 aromatic rings. The molecule has 1 spiro atoms. The van der Waals surface area contributed by atoms with Gasteiger partial charge in [-0.25, -0.2) is 0 Å². The summed E-state index contributed by atoms with van der Waals surface area (Å²) in [6.07, 6.45) is 10.8. The molecule has 0 saturated carbocycles. The van der Waals surface area contributed by atoms with Crippen LogP contribution in [0.2, 0.25) is 0 Å². The molecule has 5 atom stereocenters. The van der Waals surface area contributed by atoms with Crippen molar-refractivity contribution in [3.63, 3.8) is 0 Å². The van der Waals surface area contributed by atoms with Gasteiger partial charge >= 0.3 is 5.97 Å². The van der Waals surface area contributed by atoms with Gasteiger partial charge in [-0.2, -0.15) is 0 Å². The maximum absolute atomic E-state index is 14.8. The number of hydrogen-bond donors (Lipinski definition) is 1. The van der Waals surface area contributed by atoms with Crippen molar-refractivity contribution in [3.05, 3.63) is 54.6 Å². The van der Waals surface area contributed by atoms with Crippen molar-refractivity contribution in [3.8, 4) is 0 Å². The average molecular weight is 597 g/mol. The number of fused-ring (bicyclic) bond motifs is 1. The van der Waals surface area contributed by atoms with Crippen molar-refractivity contribution in [2.45, 2.75) is 94.1 Å². The van der Waals surface area contributed by atoms with E-state index < -0.39 is 27.4 Å². The summed E-state index contributed by atoms with van der Waals surface area (Å²) in [5.41, 5.74) is 2.86. The number of aryl methyl sites for hydroxylation is 2. The van der Waals surface area contributed by atoms with E-state index in [4.69, 9.17) is 4.74 Å². The molecule has 3 aliphatic rings. The summed E-state index contributed by atoms with van der Waals surface area (Å²) < 4.78 is 4.66. The number of carbonyl (C=O) groups is 3. The number of carbonyl (C=O) groups excluding carboxylic acids is 3. The van der Waals surface area contributed by atoms with Crippen LogP contribution in [0.15, 0.2) is 43.5 Å². The summed E-state index contributed by atoms with van der Waals surface area (Å²) in [6, 6.07) is 5.40. The number of allylic oxidation sites excluding steroid dienone is 1. The third-order valence-electron chi connectivity index (χ3n) is 9.35. The van der Waals surface area contributed by atoms with Gasteiger partial charge in [-0.05, 0) is 82.9 Å². The zero-order valence-electron chi connectivity index (χ0n) is 25.6. The maximum Gasteiger partial charge on any atom is 0.311 e. The van der Waals surface area contributed by atoms with E-state index in [1.165, 1.54) is 0 Å². The number of anilines is 1. The Morgan fingerprint density at radius 2 is 1.88 bits per heavy atom. The third kappa shape index (κ3) is 6.07. The molecule has 3 heterocycles. The van der Waals surface area contributed by atoms with Gasteiger partial charge in [0.05, 0.1) is 23.2 Å². The fourth-order valence-corrected chi connectivity index (χ4v) is 9.64. The molecular weight excluding hydrogens is 548 g/mol. The van der Waals surface area contributed by atoms with Crippen LogP contribution >= 0.6 is 11.8 Å². The lowest BCUT2D eigenvalue weighted by atomic mass is 9.66. The lowest BCUT2D eigenvalue weighted by Gasteiger charge is -2.37. The lowest BCUT2D eigenvalue weighted by molar-refractivity contribution is -0.155. The lowest BCUT2D eigenvalue weighted by Crippen LogP contribution is -2.55. The molecule has 2 unspecified atom stereocenters. The number of hydrogen-bond acceptors (Lipinski definition) is 6. The average Bonchev–Trinajstić information content (AvgIpc) is 3.53. The van der Waals surface area contributed by atoms with Crippen LogP contribution in [-0.2, 0) is 19.1 Å². The van der Waals surface area contributed by atoms with Crippen molar-refractivity contribution in [1.29, 1.82) is 0 Å². The Balaban J connectivity index is 1.69. The molecule has 4 rings (SSSR count). The Kier molecular flexibility index (Phi) is 10.6. The monoisotopic (exact) mass is 596 g/mol. The van der Waals surface area contributed by atoms with Crippen LogP contribution in [0, 0.1) is 25.7 Å². The number of amides is 2. The first-order chi connectivity index (χ1) is 20.1. The van der Waals surface area contributed by atoms with Crippen molar-refractivity contribution < 1.29 is 24.2 Å². The van der Waals surface area contributed by atoms with Gasteiger partial charge in [0, 0.05) is 30.1 Å². The maximum atomic E-state index is 14.8. The number of benzene rings is 1. The first-order valence-electron chi connectivity index (χ1n) is 15.5. The normalized spacial score (nSPS) is 27.7. The third-order valence-corrected chi connectivity index (χ3v) is 11.3. The van der Waals surface area contributed by atoms with Crippen molar-refractivity contribution in [2.75, 3.05) is 31.2 Å². The van der Waals surface area contributed by atoms with Gasteiger partial charge < -0.3 is 19.6 Å². The van der Waals surface area contributed by atoms with Gasteiger partial charge in [0.1, 0.15) is 6.04 Å². The Bertz CT molecular complexity index is 1190. The molecular formula is C34H48N2O5S. The predicted octanol–water partition coefficient (Wildman–Crippen LogP) is 5.76. The molecule has 1 N–H and O–H groups in total. The molecule has 2 bridgehead atoms. The molecule has 230 valence electrons. The fourth-order valence-electron chi connectivity index (χ4n) is 7.30. The molecule has 0 aliphatic carbocycles. The number of aliphatic hydroxyl groups is 1. The number of likely N-dealkylation sites (tertiary alicyclic amines) is 1. The Hall–Kier alpha value is -2.58. The Morgan fingerprint density at radius 1 is 1.12 bits per heavy atom. The molecule has 7 nitrogen and oxygen atoms in total. The largest absolute Gasteiger partial charge is 0.465 e. The number of rotatable bonds is 16. The van der Waals surface area contributed by atoms with Crippen molar-refractivity contribution >= 4 is 35.2 Å². The summed E-state index contributed by atoms with van der Waals surface area (Å²) in [5.74, 6) is -1.68. The SMILES string of the molecule is C=CCCCCOC(=O)[C@@H]1[C@H]2C(=O)N(CCCCCCO)C(C(=O)N(CC=C)c3cc(C)ccc3C)C23CC[C@@]1(C)S3. The molecule has 0 aromatic heterocycles. The summed E-state index contributed by atoms with van der Waals surface area (Å²) in [6.45, 7) is 15.0. The molecule has 2 amide bonds. The highest BCUT2D eigenvalue weighted by Gasteiger charge is 2.77. The van der Waals surface area contributed by atoms with Crippen molar-refractivity contribution in [1.82, 2.24) is 4.90 Å². The number of aliphatic hydroxyl groups excluding tert-OH is 1. The van der Waals surface area contributed by atoms with Crippen LogP contribution in [0.1, 0.15) is 75.8 Å². The van der Waals surface area contributed by atoms with Gasteiger partial charge in [0.15, 0.2) is 0 Å². The summed E-state index contributed by atoms with van der Waals surface area (Å²) in [4.78, 5) is 46.4. The molecule has 3 saturated heterocycles. The van der Waals surface area contributed by atoms with E-state index in [0.29, 0.717) is 26.1 Å². The van der Waals surface area contributed by atoms with Crippen molar-refractivity contribution in [2.24, 2.45) is 11.8 Å². The molecule has 42 heavy (non-hydrogen) atoms. The second-order valence-electron chi connectivity index (χ2n) is 12.4. The minimum absolute atomic E-state index is 0.0976. The van der Waals surface area contributed by atoms with Gasteiger partial charge in [0.25, 0.3) is 5.91 Å². The minimum atomic E-state index is -0.683. The zero-order valence-corrected chi connectivity index (χ0v) is 26.4. The Morgan fingerprint density at radius 3 is 2.60 bits per heavy atom. The van der Waals surface area contributed by atoms with Crippen LogP contribution in [0.5, 0.6) is 0 Å². The van der Waals surface area contributed by atoms with Crippen LogP contribution in [0.3, 0.4) is 0 Å². The van der Waals surface area contributed by atoms with E-state index in [-0.39, 0.29) is 24.4 Å². The van der Waals surface area contributed by atoms with E-state index in [1.54, 1.807) is 27.6 Å². The number of ether oxygens (including phenoxy) is 1. The first-order valence-corrected chi connectivity index (χ1v) is 16.4. The van der Waals surface area contributed by atoms with Gasteiger partial charge in [-0.15, -0.1) is 24.9 Å². The van der Waals surface area contributed by atoms with E-state index in [0.717, 1.165) is 68.2 Å². The summed E-state index contributed by atoms with van der Waals surface area (Å²) in [7, 11) is 0. The van der Waals surface area contributed by atoms with E-state index in [1.807, 2.05) is 38.1 Å². The van der Waals surface area contributed by atoms with Crippen LogP contribution in [0.25, 0.3) is 0 Å². The van der Waals surface area contributed by atoms with Gasteiger partial charge in [-0.1, -0.05) is 37.1 Å². The topological polar surface area (TPSA) is 87.1 Å². The number of esters is 1. The van der Waals surface area contributed by atoms with E-state index >= 15 is 0 Å². The smallest absolute Gasteiger partial charge is 0.311 e. The fraction of sp³-hybridized carbons (Fsp3) is 0.618. The standard InChI is InChI=1S/C34H48N2O5S/c1-6-8-9-14-22-41-32(40)28-27-30(38)36(20-12-10-11-13-21-37)29(34(27)18-17-33(28,5)42-34)31(39)35(19-7-2)26-23-24(3)15-16-25(26)4/h6-7,15-16,23,27-29,37H,1-2,8-14,17-22H2,3-5H3/t27-,28-,29?,33+,34?/m0/s1. The number of thioether (sulfide) groups is 1.